The molecule has 0 atom stereocenters. The van der Waals surface area contributed by atoms with Crippen LogP contribution in [0, 0.1) is 0 Å². The highest BCUT2D eigenvalue weighted by Gasteiger charge is 2.07. The maximum absolute atomic E-state index is 11.8. The third-order valence-corrected chi connectivity index (χ3v) is 3.41. The highest BCUT2D eigenvalue weighted by molar-refractivity contribution is 9.10. The van der Waals surface area contributed by atoms with Gasteiger partial charge in [0.15, 0.2) is 6.61 Å². The second-order valence-corrected chi connectivity index (χ2v) is 5.68. The van der Waals surface area contributed by atoms with E-state index in [2.05, 4.69) is 21.2 Å². The van der Waals surface area contributed by atoms with Crippen LogP contribution < -0.4 is 10.1 Å². The Morgan fingerprint density at radius 3 is 2.70 bits per heavy atom. The van der Waals surface area contributed by atoms with E-state index < -0.39 is 0 Å². The Bertz CT molecular complexity index is 634. The van der Waals surface area contributed by atoms with E-state index in [4.69, 9.17) is 27.9 Å². The monoisotopic (exact) mass is 373 g/mol. The molecule has 0 radical (unpaired) electrons. The SMILES string of the molecule is O=C(COc1cccc(Br)c1)Nc1ccc(Cl)cc1Cl. The van der Waals surface area contributed by atoms with E-state index in [0.717, 1.165) is 4.47 Å². The molecular weight excluding hydrogens is 365 g/mol. The summed E-state index contributed by atoms with van der Waals surface area (Å²) in [6.07, 6.45) is 0. The number of hydrogen-bond acceptors (Lipinski definition) is 2. The molecule has 0 aromatic heterocycles. The number of anilines is 1. The number of rotatable bonds is 4. The maximum Gasteiger partial charge on any atom is 0.262 e. The van der Waals surface area contributed by atoms with Gasteiger partial charge in [-0.15, -0.1) is 0 Å². The Hall–Kier alpha value is -1.23. The summed E-state index contributed by atoms with van der Waals surface area (Å²) in [6.45, 7) is -0.102. The van der Waals surface area contributed by atoms with Crippen molar-refractivity contribution in [2.24, 2.45) is 0 Å². The first kappa shape index (κ1) is 15.2. The molecule has 0 fully saturated rings. The lowest BCUT2D eigenvalue weighted by Gasteiger charge is -2.09. The van der Waals surface area contributed by atoms with Crippen molar-refractivity contribution in [1.29, 1.82) is 0 Å². The molecule has 104 valence electrons. The summed E-state index contributed by atoms with van der Waals surface area (Å²) >= 11 is 15.1. The summed E-state index contributed by atoms with van der Waals surface area (Å²) in [7, 11) is 0. The molecule has 6 heteroatoms. The number of benzene rings is 2. The van der Waals surface area contributed by atoms with E-state index in [1.54, 1.807) is 30.3 Å². The van der Waals surface area contributed by atoms with Gasteiger partial charge >= 0.3 is 0 Å². The second-order valence-electron chi connectivity index (χ2n) is 3.92. The molecule has 3 nitrogen and oxygen atoms in total. The van der Waals surface area contributed by atoms with Crippen molar-refractivity contribution in [2.75, 3.05) is 11.9 Å². The smallest absolute Gasteiger partial charge is 0.262 e. The van der Waals surface area contributed by atoms with Crippen molar-refractivity contribution in [2.45, 2.75) is 0 Å². The molecule has 0 saturated heterocycles. The minimum Gasteiger partial charge on any atom is -0.484 e. The van der Waals surface area contributed by atoms with Gasteiger partial charge in [-0.25, -0.2) is 0 Å². The Kier molecular flexibility index (Phi) is 5.29. The topological polar surface area (TPSA) is 38.3 Å². The molecule has 1 N–H and O–H groups in total. The van der Waals surface area contributed by atoms with Crippen LogP contribution in [0.4, 0.5) is 5.69 Å². The molecule has 0 aliphatic carbocycles. The number of carbonyl (C=O) groups excluding carboxylic acids is 1. The van der Waals surface area contributed by atoms with Crippen LogP contribution in [0.5, 0.6) is 5.75 Å². The average Bonchev–Trinajstić information content (AvgIpc) is 2.40. The highest BCUT2D eigenvalue weighted by Crippen LogP contribution is 2.25. The molecule has 0 aliphatic heterocycles. The average molecular weight is 375 g/mol. The zero-order valence-corrected chi connectivity index (χ0v) is 13.3. The van der Waals surface area contributed by atoms with E-state index in [1.807, 2.05) is 12.1 Å². The maximum atomic E-state index is 11.8. The van der Waals surface area contributed by atoms with Crippen molar-refractivity contribution in [3.05, 3.63) is 57.0 Å². The Morgan fingerprint density at radius 2 is 2.00 bits per heavy atom. The van der Waals surface area contributed by atoms with Crippen LogP contribution >= 0.6 is 39.1 Å². The molecule has 0 saturated carbocycles. The largest absolute Gasteiger partial charge is 0.484 e. The highest BCUT2D eigenvalue weighted by atomic mass is 79.9. The van der Waals surface area contributed by atoms with E-state index in [0.29, 0.717) is 21.5 Å². The summed E-state index contributed by atoms with van der Waals surface area (Å²) < 4.78 is 6.26. The normalized spacial score (nSPS) is 10.2. The third-order valence-electron chi connectivity index (χ3n) is 2.37. The molecular formula is C14H10BrCl2NO2. The zero-order chi connectivity index (χ0) is 14.5. The lowest BCUT2D eigenvalue weighted by atomic mass is 10.3. The van der Waals surface area contributed by atoms with E-state index >= 15 is 0 Å². The zero-order valence-electron chi connectivity index (χ0n) is 10.2. The molecule has 2 aromatic rings. The van der Waals surface area contributed by atoms with Crippen molar-refractivity contribution in [3.8, 4) is 5.75 Å². The van der Waals surface area contributed by atoms with Gasteiger partial charge in [-0.05, 0) is 36.4 Å². The number of hydrogen-bond donors (Lipinski definition) is 1. The van der Waals surface area contributed by atoms with E-state index in [-0.39, 0.29) is 12.5 Å². The summed E-state index contributed by atoms with van der Waals surface area (Å²) in [5, 5.41) is 3.55. The van der Waals surface area contributed by atoms with Gasteiger partial charge in [0.05, 0.1) is 10.7 Å². The first-order valence-electron chi connectivity index (χ1n) is 5.68. The van der Waals surface area contributed by atoms with Crippen molar-refractivity contribution in [1.82, 2.24) is 0 Å². The second kappa shape index (κ2) is 6.97. The minimum absolute atomic E-state index is 0.102. The minimum atomic E-state index is -0.297. The van der Waals surface area contributed by atoms with Crippen molar-refractivity contribution < 1.29 is 9.53 Å². The summed E-state index contributed by atoms with van der Waals surface area (Å²) in [5.41, 5.74) is 0.499. The summed E-state index contributed by atoms with van der Waals surface area (Å²) in [4.78, 5) is 11.8. The summed E-state index contributed by atoms with van der Waals surface area (Å²) in [5.74, 6) is 0.311. The standard InChI is InChI=1S/C14H10BrCl2NO2/c15-9-2-1-3-11(6-9)20-8-14(19)18-13-5-4-10(16)7-12(13)17/h1-7H,8H2,(H,18,19). The van der Waals surface area contributed by atoms with Crippen LogP contribution in [0.3, 0.4) is 0 Å². The van der Waals surface area contributed by atoms with Crippen LogP contribution in [-0.2, 0) is 4.79 Å². The lowest BCUT2D eigenvalue weighted by Crippen LogP contribution is -2.20. The molecule has 0 heterocycles. The van der Waals surface area contributed by atoms with Crippen molar-refractivity contribution >= 4 is 50.7 Å². The Labute approximate surface area is 135 Å². The van der Waals surface area contributed by atoms with Crippen LogP contribution in [0.2, 0.25) is 10.0 Å². The molecule has 2 rings (SSSR count). The number of nitrogens with one attached hydrogen (secondary N) is 1. The molecule has 0 unspecified atom stereocenters. The number of amides is 1. The number of halogens is 3. The molecule has 0 aliphatic rings. The first-order chi connectivity index (χ1) is 9.54. The fourth-order valence-corrected chi connectivity index (χ4v) is 2.32. The van der Waals surface area contributed by atoms with Crippen LogP contribution in [0.1, 0.15) is 0 Å². The number of ether oxygens (including phenoxy) is 1. The molecule has 20 heavy (non-hydrogen) atoms. The first-order valence-corrected chi connectivity index (χ1v) is 7.23. The predicted octanol–water partition coefficient (Wildman–Crippen LogP) is 4.77. The molecule has 1 amide bonds. The van der Waals surface area contributed by atoms with Gasteiger partial charge in [0.1, 0.15) is 5.75 Å². The van der Waals surface area contributed by atoms with Gasteiger partial charge in [-0.3, -0.25) is 4.79 Å². The van der Waals surface area contributed by atoms with Crippen molar-refractivity contribution in [3.63, 3.8) is 0 Å². The van der Waals surface area contributed by atoms with Gasteiger partial charge in [-0.1, -0.05) is 45.2 Å². The Morgan fingerprint density at radius 1 is 1.20 bits per heavy atom. The molecule has 2 aromatic carbocycles. The third kappa shape index (κ3) is 4.40. The molecule has 0 bridgehead atoms. The van der Waals surface area contributed by atoms with Crippen LogP contribution in [-0.4, -0.2) is 12.5 Å². The van der Waals surface area contributed by atoms with Gasteiger partial charge in [-0.2, -0.15) is 0 Å². The van der Waals surface area contributed by atoms with Gasteiger partial charge in [0.2, 0.25) is 0 Å². The predicted molar refractivity (Wildman–Crippen MR) is 84.7 cm³/mol. The quantitative estimate of drug-likeness (QED) is 0.836. The Balaban J connectivity index is 1.92. The lowest BCUT2D eigenvalue weighted by molar-refractivity contribution is -0.118. The van der Waals surface area contributed by atoms with Crippen LogP contribution in [0.25, 0.3) is 0 Å². The fraction of sp³-hybridized carbons (Fsp3) is 0.0714. The fourth-order valence-electron chi connectivity index (χ4n) is 1.48. The number of carbonyl (C=O) groups is 1. The van der Waals surface area contributed by atoms with Crippen LogP contribution in [0.15, 0.2) is 46.9 Å². The van der Waals surface area contributed by atoms with E-state index in [9.17, 15) is 4.79 Å². The van der Waals surface area contributed by atoms with Gasteiger partial charge < -0.3 is 10.1 Å². The summed E-state index contributed by atoms with van der Waals surface area (Å²) in [6, 6.07) is 12.1. The molecule has 0 spiro atoms. The van der Waals surface area contributed by atoms with E-state index in [1.165, 1.54) is 0 Å². The van der Waals surface area contributed by atoms with Gasteiger partial charge in [0.25, 0.3) is 5.91 Å². The van der Waals surface area contributed by atoms with Gasteiger partial charge in [0, 0.05) is 9.50 Å².